The number of carbonyl (C=O) groups is 1. The Morgan fingerprint density at radius 1 is 1.29 bits per heavy atom. The molecule has 0 amide bonds. The molecule has 0 spiro atoms. The molecule has 0 bridgehead atoms. The molecule has 2 aliphatic rings. The number of hydrogen-bond donors (Lipinski definition) is 0. The molecule has 1 atom stereocenters. The molecule has 0 aromatic heterocycles. The largest absolute Gasteiger partial charge is 0.497 e. The highest BCUT2D eigenvalue weighted by Crippen LogP contribution is 2.41. The van der Waals surface area contributed by atoms with E-state index in [4.69, 9.17) is 4.74 Å². The van der Waals surface area contributed by atoms with Gasteiger partial charge in [0.25, 0.3) is 0 Å². The fourth-order valence-corrected chi connectivity index (χ4v) is 2.96. The van der Waals surface area contributed by atoms with Crippen LogP contribution in [0.2, 0.25) is 0 Å². The summed E-state index contributed by atoms with van der Waals surface area (Å²) >= 11 is 0. The van der Waals surface area contributed by atoms with Gasteiger partial charge in [-0.3, -0.25) is 4.79 Å². The SMILES string of the molecule is COc1ccc2c(c1)CCC1=CCC(=O)CC12. The van der Waals surface area contributed by atoms with Gasteiger partial charge >= 0.3 is 0 Å². The number of benzene rings is 1. The maximum Gasteiger partial charge on any atom is 0.137 e. The standard InChI is InChI=1S/C15H16O2/c1-17-13-6-7-14-11(8-13)3-2-10-4-5-12(16)9-15(10)14/h4,6-8,15H,2-3,5,9H2,1H3. The van der Waals surface area contributed by atoms with Crippen LogP contribution in [0.25, 0.3) is 0 Å². The van der Waals surface area contributed by atoms with Crippen LogP contribution in [0.1, 0.15) is 36.3 Å². The van der Waals surface area contributed by atoms with Crippen molar-refractivity contribution in [2.75, 3.05) is 7.11 Å². The Morgan fingerprint density at radius 3 is 3.00 bits per heavy atom. The second-order valence-corrected chi connectivity index (χ2v) is 4.84. The van der Waals surface area contributed by atoms with Crippen LogP contribution in [-0.4, -0.2) is 12.9 Å². The normalized spacial score (nSPS) is 22.5. The topological polar surface area (TPSA) is 26.3 Å². The summed E-state index contributed by atoms with van der Waals surface area (Å²) in [5, 5.41) is 0. The number of allylic oxidation sites excluding steroid dienone is 2. The van der Waals surface area contributed by atoms with Gasteiger partial charge in [-0.05, 0) is 36.1 Å². The van der Waals surface area contributed by atoms with Gasteiger partial charge in [-0.1, -0.05) is 17.7 Å². The molecule has 88 valence electrons. The van der Waals surface area contributed by atoms with E-state index in [9.17, 15) is 4.79 Å². The minimum atomic E-state index is 0.339. The van der Waals surface area contributed by atoms with Crippen LogP contribution in [-0.2, 0) is 11.2 Å². The molecule has 1 aromatic rings. The molecule has 1 aromatic carbocycles. The lowest BCUT2D eigenvalue weighted by Gasteiger charge is -2.31. The van der Waals surface area contributed by atoms with E-state index in [1.807, 2.05) is 6.07 Å². The van der Waals surface area contributed by atoms with E-state index in [0.717, 1.165) is 18.6 Å². The van der Waals surface area contributed by atoms with Crippen LogP contribution in [0.3, 0.4) is 0 Å². The number of carbonyl (C=O) groups excluding carboxylic acids is 1. The zero-order valence-electron chi connectivity index (χ0n) is 10.0. The highest BCUT2D eigenvalue weighted by Gasteiger charge is 2.29. The molecule has 0 N–H and O–H groups in total. The highest BCUT2D eigenvalue weighted by molar-refractivity contribution is 5.83. The minimum absolute atomic E-state index is 0.339. The number of fused-ring (bicyclic) bond motifs is 3. The van der Waals surface area contributed by atoms with Crippen LogP contribution < -0.4 is 4.74 Å². The van der Waals surface area contributed by atoms with Crippen molar-refractivity contribution >= 4 is 5.78 Å². The van der Waals surface area contributed by atoms with Crippen molar-refractivity contribution in [2.45, 2.75) is 31.6 Å². The van der Waals surface area contributed by atoms with Crippen molar-refractivity contribution in [3.05, 3.63) is 41.0 Å². The number of hydrogen-bond acceptors (Lipinski definition) is 2. The Hall–Kier alpha value is -1.57. The molecule has 1 unspecified atom stereocenters. The number of methoxy groups -OCH3 is 1. The fraction of sp³-hybridized carbons (Fsp3) is 0.400. The molecular formula is C15H16O2. The Labute approximate surface area is 101 Å². The summed E-state index contributed by atoms with van der Waals surface area (Å²) in [6, 6.07) is 6.25. The summed E-state index contributed by atoms with van der Waals surface area (Å²) in [6.45, 7) is 0. The van der Waals surface area contributed by atoms with Crippen LogP contribution >= 0.6 is 0 Å². The van der Waals surface area contributed by atoms with Crippen molar-refractivity contribution in [1.29, 1.82) is 0 Å². The van der Waals surface area contributed by atoms with Crippen molar-refractivity contribution in [3.8, 4) is 5.75 Å². The lowest BCUT2D eigenvalue weighted by atomic mass is 9.73. The Bertz CT molecular complexity index is 500. The summed E-state index contributed by atoms with van der Waals surface area (Å²) < 4.78 is 5.26. The number of ketones is 1. The third-order valence-corrected chi connectivity index (χ3v) is 3.88. The smallest absolute Gasteiger partial charge is 0.137 e. The maximum absolute atomic E-state index is 11.6. The third kappa shape index (κ3) is 1.78. The van der Waals surface area contributed by atoms with Gasteiger partial charge in [0.2, 0.25) is 0 Å². The second kappa shape index (κ2) is 4.02. The van der Waals surface area contributed by atoms with Crippen molar-refractivity contribution in [1.82, 2.24) is 0 Å². The molecule has 2 nitrogen and oxygen atoms in total. The Balaban J connectivity index is 2.04. The Morgan fingerprint density at radius 2 is 2.18 bits per heavy atom. The first-order valence-corrected chi connectivity index (χ1v) is 6.15. The summed E-state index contributed by atoms with van der Waals surface area (Å²) in [6.07, 6.45) is 5.63. The quantitative estimate of drug-likeness (QED) is 0.691. The molecule has 0 radical (unpaired) electrons. The number of aryl methyl sites for hydroxylation is 1. The first kappa shape index (κ1) is 10.6. The van der Waals surface area contributed by atoms with E-state index >= 15 is 0 Å². The molecule has 0 heterocycles. The van der Waals surface area contributed by atoms with Crippen molar-refractivity contribution in [3.63, 3.8) is 0 Å². The van der Waals surface area contributed by atoms with E-state index in [1.54, 1.807) is 7.11 Å². The number of ether oxygens (including phenoxy) is 1. The fourth-order valence-electron chi connectivity index (χ4n) is 2.96. The molecule has 0 aliphatic heterocycles. The van der Waals surface area contributed by atoms with Crippen LogP contribution in [0.5, 0.6) is 5.75 Å². The van der Waals surface area contributed by atoms with Gasteiger partial charge in [0.15, 0.2) is 0 Å². The zero-order valence-corrected chi connectivity index (χ0v) is 10.0. The summed E-state index contributed by atoms with van der Waals surface area (Å²) in [5.41, 5.74) is 4.14. The monoisotopic (exact) mass is 228 g/mol. The van der Waals surface area contributed by atoms with Gasteiger partial charge in [-0.25, -0.2) is 0 Å². The third-order valence-electron chi connectivity index (χ3n) is 3.88. The average Bonchev–Trinajstić information content (AvgIpc) is 2.37. The highest BCUT2D eigenvalue weighted by atomic mass is 16.5. The maximum atomic E-state index is 11.6. The lowest BCUT2D eigenvalue weighted by Crippen LogP contribution is -2.19. The van der Waals surface area contributed by atoms with Crippen LogP contribution in [0.15, 0.2) is 29.8 Å². The van der Waals surface area contributed by atoms with Gasteiger partial charge in [-0.2, -0.15) is 0 Å². The van der Waals surface area contributed by atoms with E-state index < -0.39 is 0 Å². The first-order chi connectivity index (χ1) is 8.28. The molecular weight excluding hydrogens is 212 g/mol. The second-order valence-electron chi connectivity index (χ2n) is 4.84. The van der Waals surface area contributed by atoms with Gasteiger partial charge in [-0.15, -0.1) is 0 Å². The van der Waals surface area contributed by atoms with Crippen LogP contribution in [0, 0.1) is 0 Å². The van der Waals surface area contributed by atoms with E-state index in [2.05, 4.69) is 18.2 Å². The predicted octanol–water partition coefficient (Wildman–Crippen LogP) is 3.01. The summed E-state index contributed by atoms with van der Waals surface area (Å²) in [7, 11) is 1.69. The molecule has 3 rings (SSSR count). The molecule has 2 aliphatic carbocycles. The van der Waals surface area contributed by atoms with Gasteiger partial charge < -0.3 is 4.74 Å². The van der Waals surface area contributed by atoms with Gasteiger partial charge in [0.05, 0.1) is 7.11 Å². The van der Waals surface area contributed by atoms with Gasteiger partial charge in [0.1, 0.15) is 11.5 Å². The molecule has 0 fully saturated rings. The minimum Gasteiger partial charge on any atom is -0.497 e. The summed E-state index contributed by atoms with van der Waals surface area (Å²) in [4.78, 5) is 11.6. The number of Topliss-reactive ketones (excluding diaryl/α,β-unsaturated/α-hetero) is 1. The van der Waals surface area contributed by atoms with Gasteiger partial charge in [0, 0.05) is 18.8 Å². The zero-order chi connectivity index (χ0) is 11.8. The molecule has 0 saturated heterocycles. The average molecular weight is 228 g/mol. The molecule has 0 saturated carbocycles. The molecule has 17 heavy (non-hydrogen) atoms. The van der Waals surface area contributed by atoms with E-state index in [0.29, 0.717) is 24.5 Å². The predicted molar refractivity (Wildman–Crippen MR) is 66.4 cm³/mol. The van der Waals surface area contributed by atoms with E-state index in [1.165, 1.54) is 16.7 Å². The van der Waals surface area contributed by atoms with Crippen molar-refractivity contribution in [2.24, 2.45) is 0 Å². The van der Waals surface area contributed by atoms with E-state index in [-0.39, 0.29) is 0 Å². The van der Waals surface area contributed by atoms with Crippen LogP contribution in [0.4, 0.5) is 0 Å². The van der Waals surface area contributed by atoms with Crippen molar-refractivity contribution < 1.29 is 9.53 Å². The molecule has 2 heteroatoms. The Kier molecular flexibility index (Phi) is 2.50. The summed E-state index contributed by atoms with van der Waals surface area (Å²) in [5.74, 6) is 1.62. The number of rotatable bonds is 1. The lowest BCUT2D eigenvalue weighted by molar-refractivity contribution is -0.118. The first-order valence-electron chi connectivity index (χ1n) is 6.15.